The Morgan fingerprint density at radius 3 is 2.80 bits per heavy atom. The average molecular weight is 184 g/mol. The fourth-order valence-corrected chi connectivity index (χ4v) is 1.29. The zero-order valence-electron chi connectivity index (χ0n) is 5.42. The quantitative estimate of drug-likeness (QED) is 0.581. The molecule has 0 bridgehead atoms. The van der Waals surface area contributed by atoms with Gasteiger partial charge in [-0.1, -0.05) is 0 Å². The van der Waals surface area contributed by atoms with Gasteiger partial charge in [-0.15, -0.1) is 23.4 Å². The Bertz CT molecular complexity index is 112. The summed E-state index contributed by atoms with van der Waals surface area (Å²) in [6.45, 7) is 0. The van der Waals surface area contributed by atoms with Crippen molar-refractivity contribution in [3.63, 3.8) is 0 Å². The molecule has 5 heteroatoms. The van der Waals surface area contributed by atoms with Gasteiger partial charge in [0.15, 0.2) is 0 Å². The molecule has 3 N–H and O–H groups in total. The monoisotopic (exact) mass is 183 g/mol. The molecule has 0 fully saturated rings. The van der Waals surface area contributed by atoms with Crippen molar-refractivity contribution in [2.75, 3.05) is 17.4 Å². The predicted molar refractivity (Wildman–Crippen MR) is 43.2 cm³/mol. The number of carbonyl (C=O) groups is 1. The van der Waals surface area contributed by atoms with E-state index in [1.807, 2.05) is 0 Å². The molecule has 0 aromatic carbocycles. The number of aliphatic hydroxyl groups is 1. The first-order chi connectivity index (χ1) is 4.66. The van der Waals surface area contributed by atoms with Gasteiger partial charge in [0, 0.05) is 11.6 Å². The van der Waals surface area contributed by atoms with E-state index >= 15 is 0 Å². The fraction of sp³-hybridized carbons (Fsp3) is 0.800. The van der Waals surface area contributed by atoms with E-state index in [0.29, 0.717) is 5.75 Å². The van der Waals surface area contributed by atoms with Crippen molar-refractivity contribution in [3.8, 4) is 0 Å². The van der Waals surface area contributed by atoms with E-state index in [-0.39, 0.29) is 17.5 Å². The molecule has 0 aromatic rings. The summed E-state index contributed by atoms with van der Waals surface area (Å²) in [7, 11) is 0. The summed E-state index contributed by atoms with van der Waals surface area (Å²) in [6, 6.07) is 0. The van der Waals surface area contributed by atoms with E-state index in [1.54, 1.807) is 0 Å². The summed E-state index contributed by atoms with van der Waals surface area (Å²) >= 11 is 6.57. The van der Waals surface area contributed by atoms with Crippen LogP contribution in [0, 0.1) is 0 Å². The van der Waals surface area contributed by atoms with E-state index in [2.05, 4.69) is 0 Å². The summed E-state index contributed by atoms with van der Waals surface area (Å²) in [5, 5.41) is 8.87. The molecule has 0 radical (unpaired) electrons. The molecule has 0 heterocycles. The Hall–Kier alpha value is 0.0700. The van der Waals surface area contributed by atoms with Crippen LogP contribution in [0.25, 0.3) is 0 Å². The van der Waals surface area contributed by atoms with E-state index in [0.717, 1.165) is 0 Å². The normalized spacial score (nSPS) is 13.0. The Kier molecular flexibility index (Phi) is 5.87. The number of carbonyl (C=O) groups excluding carboxylic acids is 1. The number of hydrogen-bond donors (Lipinski definition) is 2. The van der Waals surface area contributed by atoms with E-state index in [9.17, 15) is 4.79 Å². The second-order valence-corrected chi connectivity index (χ2v) is 3.13. The van der Waals surface area contributed by atoms with Crippen molar-refractivity contribution in [1.82, 2.24) is 0 Å². The molecule has 0 aliphatic rings. The Labute approximate surface area is 68.9 Å². The van der Waals surface area contributed by atoms with Crippen molar-refractivity contribution < 1.29 is 9.90 Å². The van der Waals surface area contributed by atoms with Gasteiger partial charge >= 0.3 is 0 Å². The molecule has 60 valence electrons. The fourth-order valence-electron chi connectivity index (χ4n) is 0.340. The third-order valence-electron chi connectivity index (χ3n) is 0.733. The highest BCUT2D eigenvalue weighted by atomic mass is 35.5. The highest BCUT2D eigenvalue weighted by Gasteiger charge is 2.02. The zero-order chi connectivity index (χ0) is 7.98. The molecule has 1 atom stereocenters. The lowest BCUT2D eigenvalue weighted by molar-refractivity contribution is -0.115. The lowest BCUT2D eigenvalue weighted by atomic mass is 10.5. The maximum Gasteiger partial charge on any atom is 0.227 e. The van der Waals surface area contributed by atoms with Crippen LogP contribution in [0.4, 0.5) is 0 Å². The minimum absolute atomic E-state index is 0.200. The van der Waals surface area contributed by atoms with Crippen LogP contribution in [0.2, 0.25) is 0 Å². The van der Waals surface area contributed by atoms with Crippen LogP contribution in [0.3, 0.4) is 0 Å². The maximum atomic E-state index is 10.2. The third-order valence-corrected chi connectivity index (χ3v) is 2.20. The van der Waals surface area contributed by atoms with Gasteiger partial charge < -0.3 is 10.8 Å². The van der Waals surface area contributed by atoms with Gasteiger partial charge in [-0.2, -0.15) is 0 Å². The first-order valence-corrected chi connectivity index (χ1v) is 4.45. The number of alkyl halides is 1. The number of amides is 1. The van der Waals surface area contributed by atoms with Gasteiger partial charge in [0.05, 0.1) is 11.9 Å². The minimum Gasteiger partial charge on any atom is -0.391 e. The van der Waals surface area contributed by atoms with Gasteiger partial charge in [0.25, 0.3) is 0 Å². The highest BCUT2D eigenvalue weighted by molar-refractivity contribution is 7.99. The van der Waals surface area contributed by atoms with Crippen molar-refractivity contribution in [3.05, 3.63) is 0 Å². The number of hydrogen-bond acceptors (Lipinski definition) is 3. The number of halogens is 1. The molecule has 10 heavy (non-hydrogen) atoms. The van der Waals surface area contributed by atoms with Crippen LogP contribution >= 0.6 is 23.4 Å². The van der Waals surface area contributed by atoms with Gasteiger partial charge in [-0.3, -0.25) is 4.79 Å². The molecular weight excluding hydrogens is 174 g/mol. The van der Waals surface area contributed by atoms with Gasteiger partial charge in [-0.25, -0.2) is 0 Å². The van der Waals surface area contributed by atoms with Crippen LogP contribution in [0.1, 0.15) is 0 Å². The molecule has 1 unspecified atom stereocenters. The van der Waals surface area contributed by atoms with Gasteiger partial charge in [-0.05, 0) is 0 Å². The smallest absolute Gasteiger partial charge is 0.227 e. The molecule has 0 saturated carbocycles. The highest BCUT2D eigenvalue weighted by Crippen LogP contribution is 2.02. The number of thioether (sulfide) groups is 1. The average Bonchev–Trinajstić information content (AvgIpc) is 1.87. The largest absolute Gasteiger partial charge is 0.391 e. The van der Waals surface area contributed by atoms with Gasteiger partial charge in [0.1, 0.15) is 0 Å². The standard InChI is InChI=1S/C5H10ClNO2S/c6-1-4(8)2-10-3-5(7)9/h4,8H,1-3H2,(H2,7,9). The predicted octanol–water partition coefficient (Wildman–Crippen LogP) is -0.195. The van der Waals surface area contributed by atoms with Gasteiger partial charge in [0.2, 0.25) is 5.91 Å². The van der Waals surface area contributed by atoms with E-state index in [1.165, 1.54) is 11.8 Å². The number of aliphatic hydroxyl groups excluding tert-OH is 1. The molecule has 0 rings (SSSR count). The molecular formula is C5H10ClNO2S. The molecule has 0 aromatic heterocycles. The molecule has 0 spiro atoms. The van der Waals surface area contributed by atoms with Crippen molar-refractivity contribution in [2.45, 2.75) is 6.10 Å². The molecule has 0 saturated heterocycles. The first-order valence-electron chi connectivity index (χ1n) is 2.77. The molecule has 0 aliphatic heterocycles. The Balaban J connectivity index is 3.11. The third kappa shape index (κ3) is 6.19. The SMILES string of the molecule is NC(=O)CSCC(O)CCl. The number of rotatable bonds is 5. The second kappa shape index (κ2) is 5.82. The van der Waals surface area contributed by atoms with Crippen LogP contribution < -0.4 is 5.73 Å². The van der Waals surface area contributed by atoms with Crippen LogP contribution in [-0.4, -0.2) is 34.5 Å². The lowest BCUT2D eigenvalue weighted by Gasteiger charge is -2.03. The second-order valence-electron chi connectivity index (χ2n) is 1.79. The summed E-state index contributed by atoms with van der Waals surface area (Å²) in [5.74, 6) is 0.540. The maximum absolute atomic E-state index is 10.2. The topological polar surface area (TPSA) is 63.3 Å². The van der Waals surface area contributed by atoms with E-state index in [4.69, 9.17) is 22.4 Å². The Morgan fingerprint density at radius 2 is 2.40 bits per heavy atom. The Morgan fingerprint density at radius 1 is 1.80 bits per heavy atom. The van der Waals surface area contributed by atoms with Crippen molar-refractivity contribution >= 4 is 29.3 Å². The molecule has 0 aliphatic carbocycles. The first kappa shape index (κ1) is 10.1. The number of primary amides is 1. The summed E-state index contributed by atoms with van der Waals surface area (Å²) in [5.41, 5.74) is 4.85. The van der Waals surface area contributed by atoms with Crippen LogP contribution in [0.5, 0.6) is 0 Å². The molecule has 3 nitrogen and oxygen atoms in total. The van der Waals surface area contributed by atoms with Crippen molar-refractivity contribution in [2.24, 2.45) is 5.73 Å². The molecule has 1 amide bonds. The summed E-state index contributed by atoms with van der Waals surface area (Å²) in [4.78, 5) is 10.2. The summed E-state index contributed by atoms with van der Waals surface area (Å²) < 4.78 is 0. The summed E-state index contributed by atoms with van der Waals surface area (Å²) in [6.07, 6.45) is -0.536. The van der Waals surface area contributed by atoms with Crippen molar-refractivity contribution in [1.29, 1.82) is 0 Å². The zero-order valence-corrected chi connectivity index (χ0v) is 6.99. The van der Waals surface area contributed by atoms with Crippen LogP contribution in [0.15, 0.2) is 0 Å². The number of nitrogens with two attached hydrogens (primary N) is 1. The van der Waals surface area contributed by atoms with E-state index < -0.39 is 6.10 Å². The lowest BCUT2D eigenvalue weighted by Crippen LogP contribution is -2.17. The minimum atomic E-state index is -0.536. The van der Waals surface area contributed by atoms with Crippen LogP contribution in [-0.2, 0) is 4.79 Å².